The minimum Gasteiger partial charge on any atom is -0.493 e. The fourth-order valence-electron chi connectivity index (χ4n) is 1.31. The van der Waals surface area contributed by atoms with Gasteiger partial charge in [-0.15, -0.1) is 6.58 Å². The predicted molar refractivity (Wildman–Crippen MR) is 71.9 cm³/mol. The molecule has 0 aromatic heterocycles. The maximum atomic E-state index is 11.8. The van der Waals surface area contributed by atoms with Gasteiger partial charge in [-0.1, -0.05) is 12.1 Å². The van der Waals surface area contributed by atoms with Crippen molar-refractivity contribution in [3.63, 3.8) is 0 Å². The first-order valence-corrected chi connectivity index (χ1v) is 5.99. The summed E-state index contributed by atoms with van der Waals surface area (Å²) in [6.45, 7) is 9.71. The Morgan fingerprint density at radius 2 is 2.11 bits per heavy atom. The lowest BCUT2D eigenvalue weighted by molar-refractivity contribution is 0.00691. The second-order valence-electron chi connectivity index (χ2n) is 4.96. The van der Waals surface area contributed by atoms with Crippen LogP contribution in [0, 0.1) is 0 Å². The number of carbonyl (C=O) groups is 1. The molecule has 0 fully saturated rings. The summed E-state index contributed by atoms with van der Waals surface area (Å²) >= 11 is 0. The Labute approximate surface area is 108 Å². The summed E-state index contributed by atoms with van der Waals surface area (Å²) in [7, 11) is 0. The molecule has 18 heavy (non-hydrogen) atoms. The molecule has 0 unspecified atom stereocenters. The van der Waals surface area contributed by atoms with Crippen LogP contribution in [0.5, 0.6) is 5.75 Å². The third-order valence-electron chi connectivity index (χ3n) is 2.06. The summed E-state index contributed by atoms with van der Waals surface area (Å²) in [6.07, 6.45) is 2.56. The van der Waals surface area contributed by atoms with Gasteiger partial charge in [-0.05, 0) is 45.4 Å². The largest absolute Gasteiger partial charge is 0.493 e. The molecule has 3 nitrogen and oxygen atoms in total. The van der Waals surface area contributed by atoms with E-state index in [1.165, 1.54) is 0 Å². The van der Waals surface area contributed by atoms with Gasteiger partial charge in [0.2, 0.25) is 0 Å². The second kappa shape index (κ2) is 6.24. The topological polar surface area (TPSA) is 35.5 Å². The van der Waals surface area contributed by atoms with Gasteiger partial charge in [-0.2, -0.15) is 0 Å². The lowest BCUT2D eigenvalue weighted by Crippen LogP contribution is -2.23. The molecular formula is C15H20O3. The SMILES string of the molecule is C=CCCOc1cccc(C(=O)OC(C)(C)C)c1. The zero-order chi connectivity index (χ0) is 13.6. The quantitative estimate of drug-likeness (QED) is 0.454. The number of carbonyl (C=O) groups excluding carboxylic acids is 1. The Morgan fingerprint density at radius 3 is 2.72 bits per heavy atom. The summed E-state index contributed by atoms with van der Waals surface area (Å²) < 4.78 is 10.8. The molecule has 0 saturated heterocycles. The van der Waals surface area contributed by atoms with Crippen LogP contribution in [0.3, 0.4) is 0 Å². The number of hydrogen-bond acceptors (Lipinski definition) is 3. The number of hydrogen-bond donors (Lipinski definition) is 0. The van der Waals surface area contributed by atoms with E-state index in [0.717, 1.165) is 6.42 Å². The minimum atomic E-state index is -0.489. The van der Waals surface area contributed by atoms with E-state index in [-0.39, 0.29) is 5.97 Å². The van der Waals surface area contributed by atoms with Crippen molar-refractivity contribution in [1.29, 1.82) is 0 Å². The normalized spacial score (nSPS) is 10.8. The van der Waals surface area contributed by atoms with Gasteiger partial charge in [0.25, 0.3) is 0 Å². The molecule has 3 heteroatoms. The van der Waals surface area contributed by atoms with E-state index in [1.54, 1.807) is 24.3 Å². The Hall–Kier alpha value is -1.77. The molecule has 0 spiro atoms. The van der Waals surface area contributed by atoms with Crippen molar-refractivity contribution in [3.8, 4) is 5.75 Å². The van der Waals surface area contributed by atoms with E-state index in [4.69, 9.17) is 9.47 Å². The van der Waals surface area contributed by atoms with Crippen LogP contribution in [0.1, 0.15) is 37.6 Å². The Kier molecular flexibility index (Phi) is 4.95. The van der Waals surface area contributed by atoms with E-state index >= 15 is 0 Å². The van der Waals surface area contributed by atoms with Crippen LogP contribution in [-0.2, 0) is 4.74 Å². The molecule has 0 heterocycles. The first kappa shape index (κ1) is 14.3. The maximum Gasteiger partial charge on any atom is 0.338 e. The molecule has 1 aromatic carbocycles. The fourth-order valence-corrected chi connectivity index (χ4v) is 1.31. The summed E-state index contributed by atoms with van der Waals surface area (Å²) in [5, 5.41) is 0. The lowest BCUT2D eigenvalue weighted by Gasteiger charge is -2.19. The molecule has 98 valence electrons. The molecule has 0 aliphatic rings. The fraction of sp³-hybridized carbons (Fsp3) is 0.400. The minimum absolute atomic E-state index is 0.336. The monoisotopic (exact) mass is 248 g/mol. The maximum absolute atomic E-state index is 11.8. The Balaban J connectivity index is 2.69. The molecule has 0 bridgehead atoms. The van der Waals surface area contributed by atoms with Gasteiger partial charge < -0.3 is 9.47 Å². The molecule has 1 rings (SSSR count). The van der Waals surface area contributed by atoms with E-state index in [9.17, 15) is 4.79 Å². The zero-order valence-corrected chi connectivity index (χ0v) is 11.2. The molecule has 0 atom stereocenters. The standard InChI is InChI=1S/C15H20O3/c1-5-6-10-17-13-9-7-8-12(11-13)14(16)18-15(2,3)4/h5,7-9,11H,1,6,10H2,2-4H3. The average molecular weight is 248 g/mol. The van der Waals surface area contributed by atoms with Crippen molar-refractivity contribution in [1.82, 2.24) is 0 Å². The molecular weight excluding hydrogens is 228 g/mol. The molecule has 0 saturated carbocycles. The van der Waals surface area contributed by atoms with E-state index < -0.39 is 5.60 Å². The second-order valence-corrected chi connectivity index (χ2v) is 4.96. The van der Waals surface area contributed by atoms with Crippen molar-refractivity contribution < 1.29 is 14.3 Å². The van der Waals surface area contributed by atoms with Crippen LogP contribution < -0.4 is 4.74 Å². The summed E-state index contributed by atoms with van der Waals surface area (Å²) in [5.74, 6) is 0.330. The summed E-state index contributed by atoms with van der Waals surface area (Å²) in [5.41, 5.74) is 0.0117. The van der Waals surface area contributed by atoms with Crippen LogP contribution in [0.15, 0.2) is 36.9 Å². The smallest absolute Gasteiger partial charge is 0.338 e. The van der Waals surface area contributed by atoms with Gasteiger partial charge in [0, 0.05) is 0 Å². The van der Waals surface area contributed by atoms with Crippen molar-refractivity contribution in [3.05, 3.63) is 42.5 Å². The van der Waals surface area contributed by atoms with Crippen molar-refractivity contribution in [2.24, 2.45) is 0 Å². The Bertz CT molecular complexity index is 416. The van der Waals surface area contributed by atoms with Gasteiger partial charge in [0.05, 0.1) is 12.2 Å². The molecule has 0 radical (unpaired) electrons. The third-order valence-corrected chi connectivity index (χ3v) is 2.06. The molecule has 0 amide bonds. The molecule has 0 aliphatic carbocycles. The first-order valence-electron chi connectivity index (χ1n) is 5.99. The van der Waals surface area contributed by atoms with Crippen molar-refractivity contribution >= 4 is 5.97 Å². The highest BCUT2D eigenvalue weighted by atomic mass is 16.6. The van der Waals surface area contributed by atoms with E-state index in [1.807, 2.05) is 26.8 Å². The average Bonchev–Trinajstić information content (AvgIpc) is 2.27. The van der Waals surface area contributed by atoms with Crippen molar-refractivity contribution in [2.45, 2.75) is 32.8 Å². The third kappa shape index (κ3) is 5.04. The molecule has 0 aliphatic heterocycles. The predicted octanol–water partition coefficient (Wildman–Crippen LogP) is 3.60. The summed E-state index contributed by atoms with van der Waals surface area (Å²) in [4.78, 5) is 11.8. The highest BCUT2D eigenvalue weighted by Gasteiger charge is 2.17. The Morgan fingerprint density at radius 1 is 1.39 bits per heavy atom. The van der Waals surface area contributed by atoms with Gasteiger partial charge in [-0.3, -0.25) is 0 Å². The van der Waals surface area contributed by atoms with E-state index in [0.29, 0.717) is 17.9 Å². The number of rotatable bonds is 5. The number of ether oxygens (including phenoxy) is 2. The van der Waals surface area contributed by atoms with Crippen LogP contribution >= 0.6 is 0 Å². The van der Waals surface area contributed by atoms with Crippen LogP contribution in [0.2, 0.25) is 0 Å². The highest BCUT2D eigenvalue weighted by molar-refractivity contribution is 5.90. The van der Waals surface area contributed by atoms with Crippen LogP contribution in [0.4, 0.5) is 0 Å². The summed E-state index contributed by atoms with van der Waals surface area (Å²) in [6, 6.07) is 7.01. The van der Waals surface area contributed by atoms with Gasteiger partial charge in [0.15, 0.2) is 0 Å². The van der Waals surface area contributed by atoms with Crippen molar-refractivity contribution in [2.75, 3.05) is 6.61 Å². The van der Waals surface area contributed by atoms with Gasteiger partial charge in [0.1, 0.15) is 11.4 Å². The number of benzene rings is 1. The zero-order valence-electron chi connectivity index (χ0n) is 11.2. The van der Waals surface area contributed by atoms with Crippen LogP contribution in [0.25, 0.3) is 0 Å². The van der Waals surface area contributed by atoms with Crippen LogP contribution in [-0.4, -0.2) is 18.2 Å². The lowest BCUT2D eigenvalue weighted by atomic mass is 10.1. The van der Waals surface area contributed by atoms with Gasteiger partial charge in [-0.25, -0.2) is 4.79 Å². The van der Waals surface area contributed by atoms with Gasteiger partial charge >= 0.3 is 5.97 Å². The highest BCUT2D eigenvalue weighted by Crippen LogP contribution is 2.17. The molecule has 0 N–H and O–H groups in total. The molecule has 1 aromatic rings. The van der Waals surface area contributed by atoms with E-state index in [2.05, 4.69) is 6.58 Å². The number of esters is 1. The first-order chi connectivity index (χ1) is 8.42.